The third-order valence-corrected chi connectivity index (χ3v) is 6.80. The molecule has 3 aromatic rings. The highest BCUT2D eigenvalue weighted by Gasteiger charge is 2.38. The lowest BCUT2D eigenvalue weighted by molar-refractivity contribution is 0.106. The summed E-state index contributed by atoms with van der Waals surface area (Å²) in [5, 5.41) is 2.06. The van der Waals surface area contributed by atoms with Crippen molar-refractivity contribution < 1.29 is 14.3 Å². The molecule has 0 spiro atoms. The molecule has 1 saturated heterocycles. The van der Waals surface area contributed by atoms with Gasteiger partial charge in [-0.2, -0.15) is 0 Å². The number of ether oxygens (including phenoxy) is 1. The number of aromatic nitrogens is 2. The molecule has 3 heterocycles. The topological polar surface area (TPSA) is 63.9 Å². The summed E-state index contributed by atoms with van der Waals surface area (Å²) in [6.07, 6.45) is 6.35. The Bertz CT molecular complexity index is 1010. The highest BCUT2D eigenvalue weighted by molar-refractivity contribution is 8.14. The lowest BCUT2D eigenvalue weighted by Crippen LogP contribution is -2.38. The molecule has 1 aliphatic rings. The first-order valence-electron chi connectivity index (χ1n) is 9.35. The lowest BCUT2D eigenvalue weighted by Gasteiger charge is -2.23. The Morgan fingerprint density at radius 1 is 1.34 bits per heavy atom. The zero-order chi connectivity index (χ0) is 20.2. The Balaban J connectivity index is 1.49. The molecule has 1 fully saturated rings. The number of carbonyl (C=O) groups is 2. The number of likely N-dealkylation sites (tertiary alicyclic amines) is 1. The Labute approximate surface area is 177 Å². The Hall–Kier alpha value is -2.58. The fourth-order valence-corrected chi connectivity index (χ4v) is 5.38. The summed E-state index contributed by atoms with van der Waals surface area (Å²) in [5.41, 5.74) is 0.676. The first kappa shape index (κ1) is 19.7. The average molecular weight is 428 g/mol. The Morgan fingerprint density at radius 2 is 2.17 bits per heavy atom. The molecule has 1 aromatic carbocycles. The van der Waals surface area contributed by atoms with Crippen LogP contribution < -0.4 is 0 Å². The largest absolute Gasteiger partial charge is 0.445 e. The van der Waals surface area contributed by atoms with E-state index in [9.17, 15) is 9.59 Å². The van der Waals surface area contributed by atoms with Gasteiger partial charge in [0.25, 0.3) is 0 Å². The summed E-state index contributed by atoms with van der Waals surface area (Å²) < 4.78 is 7.33. The highest BCUT2D eigenvalue weighted by atomic mass is 32.2. The summed E-state index contributed by atoms with van der Waals surface area (Å²) in [5.74, 6) is 0.910. The van der Waals surface area contributed by atoms with E-state index in [0.29, 0.717) is 24.9 Å². The highest BCUT2D eigenvalue weighted by Crippen LogP contribution is 2.32. The standard InChI is InChI=1S/C21H21N3O3S2/c1-2-9-27-21(26)24-14-17(29-20(25)15-6-4-3-5-7-15)11-16(24)12-18-22-13-19-23(18)8-10-28-19/h2-8,10,13,16-17H,1,9,11-12,14H2/t16-,17-/m0/s1. The van der Waals surface area contributed by atoms with Gasteiger partial charge in [0.05, 0.1) is 6.20 Å². The zero-order valence-corrected chi connectivity index (χ0v) is 17.4. The lowest BCUT2D eigenvalue weighted by atomic mass is 10.1. The number of rotatable bonds is 6. The average Bonchev–Trinajstić information content (AvgIpc) is 3.44. The molecular weight excluding hydrogens is 406 g/mol. The van der Waals surface area contributed by atoms with Crippen LogP contribution in [0.15, 0.2) is 60.8 Å². The van der Waals surface area contributed by atoms with Crippen molar-refractivity contribution in [3.05, 3.63) is 72.1 Å². The van der Waals surface area contributed by atoms with Crippen LogP contribution in [0.3, 0.4) is 0 Å². The number of imidazole rings is 1. The van der Waals surface area contributed by atoms with Crippen molar-refractivity contribution in [2.75, 3.05) is 13.2 Å². The summed E-state index contributed by atoms with van der Waals surface area (Å²) in [6, 6.07) is 9.16. The van der Waals surface area contributed by atoms with Gasteiger partial charge in [-0.3, -0.25) is 9.20 Å². The van der Waals surface area contributed by atoms with E-state index in [2.05, 4.69) is 11.6 Å². The van der Waals surface area contributed by atoms with E-state index in [4.69, 9.17) is 4.74 Å². The van der Waals surface area contributed by atoms with Crippen LogP contribution in [0.2, 0.25) is 0 Å². The maximum atomic E-state index is 12.6. The number of thioether (sulfide) groups is 1. The molecule has 0 bridgehead atoms. The molecule has 2 aromatic heterocycles. The Morgan fingerprint density at radius 3 is 2.97 bits per heavy atom. The van der Waals surface area contributed by atoms with Gasteiger partial charge in [-0.25, -0.2) is 9.78 Å². The molecule has 0 aliphatic carbocycles. The smallest absolute Gasteiger partial charge is 0.410 e. The second kappa shape index (κ2) is 8.84. The van der Waals surface area contributed by atoms with Gasteiger partial charge in [-0.1, -0.05) is 54.7 Å². The maximum Gasteiger partial charge on any atom is 0.410 e. The normalized spacial score (nSPS) is 18.8. The van der Waals surface area contributed by atoms with E-state index in [1.807, 2.05) is 52.5 Å². The number of hydrogen-bond donors (Lipinski definition) is 0. The quantitative estimate of drug-likeness (QED) is 0.550. The third kappa shape index (κ3) is 4.38. The van der Waals surface area contributed by atoms with Crippen molar-refractivity contribution in [1.29, 1.82) is 0 Å². The number of hydrogen-bond acceptors (Lipinski definition) is 6. The fraction of sp³-hybridized carbons (Fsp3) is 0.286. The molecule has 6 nitrogen and oxygen atoms in total. The first-order chi connectivity index (χ1) is 14.2. The van der Waals surface area contributed by atoms with Crippen molar-refractivity contribution >= 4 is 39.1 Å². The van der Waals surface area contributed by atoms with Gasteiger partial charge in [0, 0.05) is 41.4 Å². The molecule has 4 rings (SSSR count). The van der Waals surface area contributed by atoms with Crippen LogP contribution in [-0.2, 0) is 11.2 Å². The van der Waals surface area contributed by atoms with E-state index in [1.54, 1.807) is 22.3 Å². The van der Waals surface area contributed by atoms with Crippen molar-refractivity contribution in [2.24, 2.45) is 0 Å². The van der Waals surface area contributed by atoms with Crippen LogP contribution in [0.5, 0.6) is 0 Å². The number of carbonyl (C=O) groups excluding carboxylic acids is 2. The van der Waals surface area contributed by atoms with Crippen molar-refractivity contribution in [3.8, 4) is 0 Å². The van der Waals surface area contributed by atoms with Gasteiger partial charge in [0.1, 0.15) is 17.3 Å². The number of fused-ring (bicyclic) bond motifs is 1. The van der Waals surface area contributed by atoms with Crippen LogP contribution in [0.1, 0.15) is 22.6 Å². The van der Waals surface area contributed by atoms with Gasteiger partial charge in [-0.15, -0.1) is 11.3 Å². The first-order valence-corrected chi connectivity index (χ1v) is 11.1. The van der Waals surface area contributed by atoms with Crippen molar-refractivity contribution in [2.45, 2.75) is 24.1 Å². The summed E-state index contributed by atoms with van der Waals surface area (Å²) >= 11 is 2.92. The number of thiazole rings is 1. The molecule has 29 heavy (non-hydrogen) atoms. The number of benzene rings is 1. The van der Waals surface area contributed by atoms with E-state index in [1.165, 1.54) is 11.8 Å². The van der Waals surface area contributed by atoms with Gasteiger partial charge in [-0.05, 0) is 6.42 Å². The van der Waals surface area contributed by atoms with Crippen molar-refractivity contribution in [3.63, 3.8) is 0 Å². The van der Waals surface area contributed by atoms with E-state index in [-0.39, 0.29) is 29.1 Å². The number of amides is 1. The van der Waals surface area contributed by atoms with E-state index >= 15 is 0 Å². The summed E-state index contributed by atoms with van der Waals surface area (Å²) in [7, 11) is 0. The summed E-state index contributed by atoms with van der Waals surface area (Å²) in [6.45, 7) is 4.24. The Kier molecular flexibility index (Phi) is 6.01. The van der Waals surface area contributed by atoms with Gasteiger partial charge in [0.15, 0.2) is 0 Å². The second-order valence-electron chi connectivity index (χ2n) is 6.79. The maximum absolute atomic E-state index is 12.6. The van der Waals surface area contributed by atoms with Crippen LogP contribution in [-0.4, -0.2) is 49.9 Å². The molecule has 0 saturated carbocycles. The zero-order valence-electron chi connectivity index (χ0n) is 15.8. The minimum Gasteiger partial charge on any atom is -0.445 e. The molecule has 0 radical (unpaired) electrons. The molecule has 2 atom stereocenters. The molecule has 1 amide bonds. The molecular formula is C21H21N3O3S2. The monoisotopic (exact) mass is 427 g/mol. The van der Waals surface area contributed by atoms with Gasteiger partial charge < -0.3 is 9.64 Å². The molecule has 0 unspecified atom stereocenters. The van der Waals surface area contributed by atoms with Crippen LogP contribution >= 0.6 is 23.1 Å². The number of nitrogens with zero attached hydrogens (tertiary/aromatic N) is 3. The van der Waals surface area contributed by atoms with Gasteiger partial charge in [0.2, 0.25) is 5.12 Å². The fourth-order valence-electron chi connectivity index (χ4n) is 3.53. The van der Waals surface area contributed by atoms with Gasteiger partial charge >= 0.3 is 6.09 Å². The second-order valence-corrected chi connectivity index (χ2v) is 8.99. The molecule has 0 N–H and O–H groups in total. The van der Waals surface area contributed by atoms with Crippen LogP contribution in [0.25, 0.3) is 4.83 Å². The molecule has 1 aliphatic heterocycles. The minimum atomic E-state index is -0.372. The predicted octanol–water partition coefficient (Wildman–Crippen LogP) is 4.28. The molecule has 150 valence electrons. The molecule has 8 heteroatoms. The predicted molar refractivity (Wildman–Crippen MR) is 116 cm³/mol. The van der Waals surface area contributed by atoms with Crippen molar-refractivity contribution in [1.82, 2.24) is 14.3 Å². The van der Waals surface area contributed by atoms with Crippen LogP contribution in [0.4, 0.5) is 4.79 Å². The minimum absolute atomic E-state index is 0.0157. The van der Waals surface area contributed by atoms with E-state index < -0.39 is 0 Å². The SMILES string of the molecule is C=CCOC(=O)N1C[C@@H](SC(=O)c2ccccc2)C[C@H]1Cc1ncc2sccn12. The van der Waals surface area contributed by atoms with E-state index in [0.717, 1.165) is 10.7 Å². The van der Waals surface area contributed by atoms with Crippen LogP contribution in [0, 0.1) is 0 Å². The summed E-state index contributed by atoms with van der Waals surface area (Å²) in [4.78, 5) is 32.5. The third-order valence-electron chi connectivity index (χ3n) is 4.87.